The number of hydrogen-bond acceptors (Lipinski definition) is 6. The summed E-state index contributed by atoms with van der Waals surface area (Å²) in [5, 5.41) is 8.35. The first-order chi connectivity index (χ1) is 12.8. The highest BCUT2D eigenvalue weighted by Gasteiger charge is 2.28. The molecule has 0 atom stereocenters. The zero-order valence-corrected chi connectivity index (χ0v) is 14.4. The third-order valence-electron chi connectivity index (χ3n) is 4.63. The van der Waals surface area contributed by atoms with Gasteiger partial charge < -0.3 is 14.1 Å². The molecule has 4 rings (SSSR count). The van der Waals surface area contributed by atoms with Crippen LogP contribution >= 0.6 is 0 Å². The maximum atomic E-state index is 12.3. The van der Waals surface area contributed by atoms with E-state index < -0.39 is 0 Å². The van der Waals surface area contributed by atoms with Crippen LogP contribution in [0.25, 0.3) is 11.5 Å². The monoisotopic (exact) mass is 352 g/mol. The van der Waals surface area contributed by atoms with Crippen molar-refractivity contribution in [1.29, 1.82) is 0 Å². The van der Waals surface area contributed by atoms with Gasteiger partial charge in [0.25, 0.3) is 0 Å². The van der Waals surface area contributed by atoms with E-state index in [1.165, 1.54) is 0 Å². The summed E-state index contributed by atoms with van der Waals surface area (Å²) >= 11 is 0. The van der Waals surface area contributed by atoms with Gasteiger partial charge in [-0.2, -0.15) is 0 Å². The molecular formula is C19H20N4O3. The Kier molecular flexibility index (Phi) is 4.77. The van der Waals surface area contributed by atoms with Gasteiger partial charge in [-0.15, -0.1) is 10.2 Å². The molecule has 0 N–H and O–H groups in total. The maximum Gasteiger partial charge on any atom is 0.414 e. The number of nitrogens with zero attached hydrogens (tertiary/aromatic N) is 4. The fourth-order valence-corrected chi connectivity index (χ4v) is 3.14. The van der Waals surface area contributed by atoms with Crippen LogP contribution in [0.15, 0.2) is 51.7 Å². The molecule has 1 fully saturated rings. The molecule has 1 aromatic carbocycles. The summed E-state index contributed by atoms with van der Waals surface area (Å²) in [6, 6.07) is 9.72. The predicted octanol–water partition coefficient (Wildman–Crippen LogP) is 3.76. The second-order valence-electron chi connectivity index (χ2n) is 6.41. The second-order valence-corrected chi connectivity index (χ2v) is 6.41. The van der Waals surface area contributed by atoms with Crippen molar-refractivity contribution < 1.29 is 13.9 Å². The van der Waals surface area contributed by atoms with Crippen LogP contribution in [0.3, 0.4) is 0 Å². The summed E-state index contributed by atoms with van der Waals surface area (Å²) in [4.78, 5) is 18.0. The first-order valence-corrected chi connectivity index (χ1v) is 8.86. The highest BCUT2D eigenvalue weighted by atomic mass is 16.6. The standard InChI is InChI=1S/C19H20N4O3/c24-19(25-16-7-4-10-20-13-16)23-11-8-15(9-12-23)18-22-21-17(26-18)14-5-2-1-3-6-14/h1-3,5-6,10,13,15H,4,7-9,11-12H2. The molecule has 0 radical (unpaired) electrons. The van der Waals surface area contributed by atoms with Crippen molar-refractivity contribution in [2.45, 2.75) is 31.6 Å². The van der Waals surface area contributed by atoms with Gasteiger partial charge in [0.1, 0.15) is 5.76 Å². The number of ether oxygens (including phenoxy) is 1. The number of aliphatic imine (C=N–C) groups is 1. The molecular weight excluding hydrogens is 332 g/mol. The van der Waals surface area contributed by atoms with Crippen LogP contribution in [0.4, 0.5) is 4.79 Å². The summed E-state index contributed by atoms with van der Waals surface area (Å²) in [6.07, 6.45) is 6.21. The lowest BCUT2D eigenvalue weighted by atomic mass is 9.97. The van der Waals surface area contributed by atoms with E-state index >= 15 is 0 Å². The molecule has 0 spiro atoms. The van der Waals surface area contributed by atoms with E-state index in [0.717, 1.165) is 31.2 Å². The van der Waals surface area contributed by atoms with Crippen molar-refractivity contribution in [2.24, 2.45) is 4.99 Å². The van der Waals surface area contributed by atoms with E-state index in [1.807, 2.05) is 36.5 Å². The lowest BCUT2D eigenvalue weighted by molar-refractivity contribution is 0.112. The van der Waals surface area contributed by atoms with Crippen molar-refractivity contribution in [3.63, 3.8) is 0 Å². The number of piperidine rings is 1. The van der Waals surface area contributed by atoms with Crippen LogP contribution in [0.1, 0.15) is 37.5 Å². The molecule has 2 aliphatic heterocycles. The van der Waals surface area contributed by atoms with E-state index in [1.54, 1.807) is 11.1 Å². The molecule has 0 unspecified atom stereocenters. The quantitative estimate of drug-likeness (QED) is 0.840. The van der Waals surface area contributed by atoms with Crippen molar-refractivity contribution in [3.8, 4) is 11.5 Å². The number of carbonyl (C=O) groups excluding carboxylic acids is 1. The largest absolute Gasteiger partial charge is 0.420 e. The van der Waals surface area contributed by atoms with Crippen molar-refractivity contribution in [2.75, 3.05) is 13.1 Å². The molecule has 0 aliphatic carbocycles. The fourth-order valence-electron chi connectivity index (χ4n) is 3.14. The molecule has 134 valence electrons. The summed E-state index contributed by atoms with van der Waals surface area (Å²) in [7, 11) is 0. The molecule has 1 amide bonds. The van der Waals surface area contributed by atoms with Crippen LogP contribution in [0, 0.1) is 0 Å². The predicted molar refractivity (Wildman–Crippen MR) is 95.6 cm³/mol. The first kappa shape index (κ1) is 16.5. The number of carbonyl (C=O) groups is 1. The lowest BCUT2D eigenvalue weighted by Crippen LogP contribution is -2.38. The summed E-state index contributed by atoms with van der Waals surface area (Å²) in [5.41, 5.74) is 0.913. The minimum atomic E-state index is -0.303. The molecule has 1 aromatic heterocycles. The fraction of sp³-hybridized carbons (Fsp3) is 0.368. The number of hydrogen-bond donors (Lipinski definition) is 0. The Morgan fingerprint density at radius 3 is 2.69 bits per heavy atom. The summed E-state index contributed by atoms with van der Waals surface area (Å²) in [6.45, 7) is 1.23. The van der Waals surface area contributed by atoms with Gasteiger partial charge in [-0.1, -0.05) is 18.2 Å². The van der Waals surface area contributed by atoms with E-state index in [9.17, 15) is 4.79 Å². The number of aromatic nitrogens is 2. The van der Waals surface area contributed by atoms with Gasteiger partial charge in [0.2, 0.25) is 11.8 Å². The van der Waals surface area contributed by atoms with Crippen LogP contribution < -0.4 is 0 Å². The Balaban J connectivity index is 1.34. The Bertz CT molecular complexity index is 820. The minimum Gasteiger partial charge on any atom is -0.420 e. The van der Waals surface area contributed by atoms with Crippen LogP contribution in [-0.2, 0) is 4.74 Å². The minimum absolute atomic E-state index is 0.169. The van der Waals surface area contributed by atoms with Crippen LogP contribution in [0.5, 0.6) is 0 Å². The van der Waals surface area contributed by atoms with E-state index in [-0.39, 0.29) is 12.0 Å². The number of likely N-dealkylation sites (tertiary alicyclic amines) is 1. The van der Waals surface area contributed by atoms with Gasteiger partial charge in [0.15, 0.2) is 0 Å². The highest BCUT2D eigenvalue weighted by molar-refractivity contribution is 5.69. The first-order valence-electron chi connectivity index (χ1n) is 8.86. The van der Waals surface area contributed by atoms with E-state index in [4.69, 9.17) is 9.15 Å². The number of benzene rings is 1. The molecule has 2 aromatic rings. The molecule has 7 heteroatoms. The Hall–Kier alpha value is -2.96. The van der Waals surface area contributed by atoms with Gasteiger partial charge in [0.05, 0.1) is 6.20 Å². The molecule has 0 bridgehead atoms. The smallest absolute Gasteiger partial charge is 0.414 e. The lowest BCUT2D eigenvalue weighted by Gasteiger charge is -2.29. The molecule has 0 saturated carbocycles. The maximum absolute atomic E-state index is 12.3. The van der Waals surface area contributed by atoms with E-state index in [0.29, 0.717) is 30.6 Å². The SMILES string of the molecule is O=C(OC1=CN=CCC1)N1CCC(c2nnc(-c3ccccc3)o2)CC1. The van der Waals surface area contributed by atoms with Gasteiger partial charge in [-0.25, -0.2) is 4.79 Å². The van der Waals surface area contributed by atoms with E-state index in [2.05, 4.69) is 15.2 Å². The average Bonchev–Trinajstić information content (AvgIpc) is 3.20. The molecule has 26 heavy (non-hydrogen) atoms. The van der Waals surface area contributed by atoms with Crippen molar-refractivity contribution in [1.82, 2.24) is 15.1 Å². The van der Waals surface area contributed by atoms with Crippen molar-refractivity contribution >= 4 is 12.3 Å². The normalized spacial score (nSPS) is 17.8. The zero-order chi connectivity index (χ0) is 17.8. The van der Waals surface area contributed by atoms with Crippen molar-refractivity contribution in [3.05, 3.63) is 48.2 Å². The Morgan fingerprint density at radius 1 is 1.15 bits per heavy atom. The second kappa shape index (κ2) is 7.51. The van der Waals surface area contributed by atoms with Gasteiger partial charge >= 0.3 is 6.09 Å². The third-order valence-corrected chi connectivity index (χ3v) is 4.63. The molecule has 2 aliphatic rings. The average molecular weight is 352 g/mol. The zero-order valence-electron chi connectivity index (χ0n) is 14.4. The Morgan fingerprint density at radius 2 is 1.96 bits per heavy atom. The topological polar surface area (TPSA) is 80.8 Å². The number of amides is 1. The molecule has 3 heterocycles. The molecule has 7 nitrogen and oxygen atoms in total. The summed E-state index contributed by atoms with van der Waals surface area (Å²) < 4.78 is 11.3. The Labute approximate surface area is 151 Å². The summed E-state index contributed by atoms with van der Waals surface area (Å²) in [5.74, 6) is 1.97. The molecule has 1 saturated heterocycles. The van der Waals surface area contributed by atoms with Gasteiger partial charge in [0, 0.05) is 37.2 Å². The number of allylic oxidation sites excluding steroid dienone is 1. The number of rotatable bonds is 3. The van der Waals surface area contributed by atoms with Crippen LogP contribution in [-0.4, -0.2) is 40.5 Å². The van der Waals surface area contributed by atoms with Gasteiger partial charge in [-0.3, -0.25) is 4.99 Å². The highest BCUT2D eigenvalue weighted by Crippen LogP contribution is 2.29. The van der Waals surface area contributed by atoms with Crippen LogP contribution in [0.2, 0.25) is 0 Å². The van der Waals surface area contributed by atoms with Gasteiger partial charge in [-0.05, 0) is 31.4 Å². The third kappa shape index (κ3) is 3.66.